The van der Waals surface area contributed by atoms with Crippen LogP contribution < -0.4 is 9.62 Å². The minimum Gasteiger partial charge on any atom is -0.334 e. The first-order valence-electron chi connectivity index (χ1n) is 7.80. The van der Waals surface area contributed by atoms with E-state index in [-0.39, 0.29) is 11.7 Å². The van der Waals surface area contributed by atoms with Crippen molar-refractivity contribution < 1.29 is 13.2 Å². The number of sulfonamides is 1. The normalized spacial score (nSPS) is 21.8. The zero-order valence-electron chi connectivity index (χ0n) is 12.8. The fourth-order valence-electron chi connectivity index (χ4n) is 3.24. The van der Waals surface area contributed by atoms with Gasteiger partial charge in [0, 0.05) is 12.1 Å². The molecule has 23 heavy (non-hydrogen) atoms. The molecule has 6 nitrogen and oxygen atoms in total. The Labute approximate surface area is 136 Å². The van der Waals surface area contributed by atoms with E-state index in [1.165, 1.54) is 4.31 Å². The van der Waals surface area contributed by atoms with Gasteiger partial charge in [-0.15, -0.1) is 0 Å². The van der Waals surface area contributed by atoms with Gasteiger partial charge in [0.05, 0.1) is 17.5 Å². The molecule has 1 N–H and O–H groups in total. The molecular formula is C16H19N3O3S. The van der Waals surface area contributed by atoms with Crippen LogP contribution in [0.4, 0.5) is 5.69 Å². The van der Waals surface area contributed by atoms with Gasteiger partial charge in [0.2, 0.25) is 10.0 Å². The van der Waals surface area contributed by atoms with Gasteiger partial charge in [-0.2, -0.15) is 5.26 Å². The molecule has 1 heterocycles. The number of nitriles is 1. The predicted molar refractivity (Wildman–Crippen MR) is 86.5 cm³/mol. The minimum absolute atomic E-state index is 0.167. The van der Waals surface area contributed by atoms with Crippen molar-refractivity contribution in [1.29, 1.82) is 5.26 Å². The quantitative estimate of drug-likeness (QED) is 0.913. The average molecular weight is 333 g/mol. The van der Waals surface area contributed by atoms with Gasteiger partial charge in [-0.1, -0.05) is 0 Å². The lowest BCUT2D eigenvalue weighted by molar-refractivity contribution is 0.0920. The van der Waals surface area contributed by atoms with Gasteiger partial charge in [-0.3, -0.25) is 9.10 Å². The Morgan fingerprint density at radius 1 is 1.17 bits per heavy atom. The van der Waals surface area contributed by atoms with Gasteiger partial charge in [-0.05, 0) is 56.4 Å². The van der Waals surface area contributed by atoms with E-state index < -0.39 is 15.6 Å². The zero-order valence-corrected chi connectivity index (χ0v) is 13.6. The summed E-state index contributed by atoms with van der Waals surface area (Å²) >= 11 is 0. The molecule has 7 heteroatoms. The average Bonchev–Trinajstić information content (AvgIpc) is 3.14. The number of rotatable bonds is 3. The third-order valence-corrected chi connectivity index (χ3v) is 6.41. The fraction of sp³-hybridized carbons (Fsp3) is 0.500. The van der Waals surface area contributed by atoms with Crippen LogP contribution in [0.15, 0.2) is 24.3 Å². The highest BCUT2D eigenvalue weighted by molar-refractivity contribution is 7.93. The standard InChI is InChI=1S/C16H19N3O3S/c17-12-16(8-1-2-9-16)18-15(20)13-4-6-14(7-5-13)19-10-3-11-23(19,21)22/h4-7H,1-3,8-11H2,(H,18,20). The molecule has 0 bridgehead atoms. The Morgan fingerprint density at radius 2 is 1.83 bits per heavy atom. The van der Waals surface area contributed by atoms with E-state index in [0.717, 1.165) is 12.8 Å². The number of hydrogen-bond acceptors (Lipinski definition) is 4. The molecule has 122 valence electrons. The molecule has 1 saturated heterocycles. The van der Waals surface area contributed by atoms with Gasteiger partial charge < -0.3 is 5.32 Å². The van der Waals surface area contributed by atoms with E-state index in [0.29, 0.717) is 37.1 Å². The van der Waals surface area contributed by atoms with Crippen molar-refractivity contribution in [2.45, 2.75) is 37.6 Å². The van der Waals surface area contributed by atoms with Gasteiger partial charge in [0.15, 0.2) is 0 Å². The maximum atomic E-state index is 12.3. The maximum absolute atomic E-state index is 12.3. The van der Waals surface area contributed by atoms with Crippen molar-refractivity contribution in [2.75, 3.05) is 16.6 Å². The molecule has 2 aliphatic rings. The molecule has 0 spiro atoms. The van der Waals surface area contributed by atoms with Gasteiger partial charge in [0.1, 0.15) is 5.54 Å². The van der Waals surface area contributed by atoms with Crippen LogP contribution in [0.3, 0.4) is 0 Å². The molecule has 1 aromatic carbocycles. The lowest BCUT2D eigenvalue weighted by Crippen LogP contribution is -2.45. The Morgan fingerprint density at radius 3 is 2.35 bits per heavy atom. The molecule has 0 aromatic heterocycles. The number of benzene rings is 1. The Balaban J connectivity index is 1.75. The van der Waals surface area contributed by atoms with Crippen LogP contribution in [0, 0.1) is 11.3 Å². The van der Waals surface area contributed by atoms with Crippen LogP contribution >= 0.6 is 0 Å². The summed E-state index contributed by atoms with van der Waals surface area (Å²) in [7, 11) is -3.22. The maximum Gasteiger partial charge on any atom is 0.252 e. The van der Waals surface area contributed by atoms with Crippen molar-refractivity contribution in [3.8, 4) is 6.07 Å². The molecule has 0 radical (unpaired) electrons. The van der Waals surface area contributed by atoms with E-state index in [1.807, 2.05) is 0 Å². The molecule has 1 aliphatic heterocycles. The predicted octanol–water partition coefficient (Wildman–Crippen LogP) is 1.79. The van der Waals surface area contributed by atoms with Crippen molar-refractivity contribution in [2.24, 2.45) is 0 Å². The largest absolute Gasteiger partial charge is 0.334 e. The summed E-state index contributed by atoms with van der Waals surface area (Å²) in [6, 6.07) is 8.73. The topological polar surface area (TPSA) is 90.3 Å². The summed E-state index contributed by atoms with van der Waals surface area (Å²) in [4.78, 5) is 12.3. The first-order valence-corrected chi connectivity index (χ1v) is 9.41. The SMILES string of the molecule is N#CC1(NC(=O)c2ccc(N3CCCS3(=O)=O)cc2)CCCC1. The molecule has 1 aliphatic carbocycles. The van der Waals surface area contributed by atoms with Crippen molar-refractivity contribution in [3.63, 3.8) is 0 Å². The molecule has 1 amide bonds. The van der Waals surface area contributed by atoms with Crippen LogP contribution in [0.2, 0.25) is 0 Å². The van der Waals surface area contributed by atoms with E-state index in [9.17, 15) is 18.5 Å². The number of carbonyl (C=O) groups is 1. The fourth-order valence-corrected chi connectivity index (χ4v) is 4.81. The first kappa shape index (κ1) is 15.8. The molecule has 3 rings (SSSR count). The molecule has 0 unspecified atom stereocenters. The summed E-state index contributed by atoms with van der Waals surface area (Å²) in [6.45, 7) is 0.478. The van der Waals surface area contributed by atoms with E-state index in [1.54, 1.807) is 24.3 Å². The lowest BCUT2D eigenvalue weighted by atomic mass is 9.99. The highest BCUT2D eigenvalue weighted by atomic mass is 32.2. The molecule has 0 atom stereocenters. The van der Waals surface area contributed by atoms with Gasteiger partial charge in [0.25, 0.3) is 5.91 Å². The Hall–Kier alpha value is -2.07. The summed E-state index contributed by atoms with van der Waals surface area (Å²) < 4.78 is 25.2. The number of nitrogens with one attached hydrogen (secondary N) is 1. The molecular weight excluding hydrogens is 314 g/mol. The Kier molecular flexibility index (Phi) is 4.02. The minimum atomic E-state index is -3.22. The van der Waals surface area contributed by atoms with Crippen LogP contribution in [0.1, 0.15) is 42.5 Å². The van der Waals surface area contributed by atoms with Crippen LogP contribution in [-0.4, -0.2) is 32.2 Å². The molecule has 2 fully saturated rings. The lowest BCUT2D eigenvalue weighted by Gasteiger charge is -2.22. The van der Waals surface area contributed by atoms with Gasteiger partial charge in [-0.25, -0.2) is 8.42 Å². The second kappa shape index (κ2) is 5.85. The van der Waals surface area contributed by atoms with Crippen LogP contribution in [-0.2, 0) is 10.0 Å². The number of nitrogens with zero attached hydrogens (tertiary/aromatic N) is 2. The summed E-state index contributed by atoms with van der Waals surface area (Å²) in [5.74, 6) is -0.121. The van der Waals surface area contributed by atoms with Gasteiger partial charge >= 0.3 is 0 Å². The first-order chi connectivity index (χ1) is 11.0. The zero-order chi connectivity index (χ0) is 16.5. The number of anilines is 1. The number of carbonyl (C=O) groups excluding carboxylic acids is 1. The summed E-state index contributed by atoms with van der Waals surface area (Å²) in [6.07, 6.45) is 3.87. The highest BCUT2D eigenvalue weighted by Gasteiger charge is 2.35. The van der Waals surface area contributed by atoms with E-state index in [4.69, 9.17) is 0 Å². The van der Waals surface area contributed by atoms with Crippen LogP contribution in [0.5, 0.6) is 0 Å². The summed E-state index contributed by atoms with van der Waals surface area (Å²) in [5.41, 5.74) is 0.260. The Bertz CT molecular complexity index is 744. The second-order valence-corrected chi connectivity index (χ2v) is 8.16. The smallest absolute Gasteiger partial charge is 0.252 e. The van der Waals surface area contributed by atoms with E-state index in [2.05, 4.69) is 11.4 Å². The number of amides is 1. The summed E-state index contributed by atoms with van der Waals surface area (Å²) in [5, 5.41) is 12.2. The van der Waals surface area contributed by atoms with Crippen molar-refractivity contribution >= 4 is 21.6 Å². The third-order valence-electron chi connectivity index (χ3n) is 4.54. The number of hydrogen-bond donors (Lipinski definition) is 1. The molecule has 1 aromatic rings. The second-order valence-electron chi connectivity index (χ2n) is 6.14. The molecule has 1 saturated carbocycles. The van der Waals surface area contributed by atoms with Crippen LogP contribution in [0.25, 0.3) is 0 Å². The monoisotopic (exact) mass is 333 g/mol. The van der Waals surface area contributed by atoms with Crippen molar-refractivity contribution in [1.82, 2.24) is 5.32 Å². The van der Waals surface area contributed by atoms with E-state index >= 15 is 0 Å². The highest BCUT2D eigenvalue weighted by Crippen LogP contribution is 2.29. The van der Waals surface area contributed by atoms with Crippen molar-refractivity contribution in [3.05, 3.63) is 29.8 Å². The third kappa shape index (κ3) is 3.04.